The molecular formula is C8H6ClNO. The van der Waals surface area contributed by atoms with Crippen LogP contribution in [0.1, 0.15) is 5.56 Å². The summed E-state index contributed by atoms with van der Waals surface area (Å²) in [6.07, 6.45) is 3.25. The Bertz CT molecular complexity index is 394. The molecule has 0 amide bonds. The molecule has 2 nitrogen and oxygen atoms in total. The van der Waals surface area contributed by atoms with Crippen molar-refractivity contribution in [2.24, 2.45) is 0 Å². The molecule has 11 heavy (non-hydrogen) atoms. The summed E-state index contributed by atoms with van der Waals surface area (Å²) in [4.78, 5) is 4.05. The second-order valence-corrected chi connectivity index (χ2v) is 2.86. The fourth-order valence-corrected chi connectivity index (χ4v) is 1.17. The zero-order chi connectivity index (χ0) is 7.84. The van der Waals surface area contributed by atoms with Gasteiger partial charge in [-0.15, -0.1) is 0 Å². The van der Waals surface area contributed by atoms with Gasteiger partial charge in [0.25, 0.3) is 0 Å². The number of fused-ring (bicyclic) bond motifs is 1. The molecule has 2 aromatic rings. The standard InChI is InChI=1S/C8H6ClNO/c1-5-2-6-7(9)4-11-8(6)10-3-5/h2-4H,1H3. The van der Waals surface area contributed by atoms with E-state index in [4.69, 9.17) is 16.0 Å². The van der Waals surface area contributed by atoms with Crippen LogP contribution in [0.25, 0.3) is 11.1 Å². The molecule has 56 valence electrons. The molecule has 2 rings (SSSR count). The highest BCUT2D eigenvalue weighted by atomic mass is 35.5. The summed E-state index contributed by atoms with van der Waals surface area (Å²) in [5.74, 6) is 0. The number of pyridine rings is 1. The number of hydrogen-bond acceptors (Lipinski definition) is 2. The van der Waals surface area contributed by atoms with Crippen molar-refractivity contribution in [2.45, 2.75) is 6.92 Å². The van der Waals surface area contributed by atoms with Crippen LogP contribution in [0.3, 0.4) is 0 Å². The van der Waals surface area contributed by atoms with Crippen molar-refractivity contribution in [3.63, 3.8) is 0 Å². The highest BCUT2D eigenvalue weighted by molar-refractivity contribution is 6.35. The molecule has 2 heterocycles. The Labute approximate surface area is 68.8 Å². The summed E-state index contributed by atoms with van der Waals surface area (Å²) in [6.45, 7) is 1.97. The topological polar surface area (TPSA) is 26.0 Å². The highest BCUT2D eigenvalue weighted by Crippen LogP contribution is 2.23. The lowest BCUT2D eigenvalue weighted by Gasteiger charge is -1.89. The first-order valence-electron chi connectivity index (χ1n) is 3.27. The number of aryl methyl sites for hydroxylation is 1. The van der Waals surface area contributed by atoms with Crippen molar-refractivity contribution >= 4 is 22.7 Å². The Kier molecular flexibility index (Phi) is 1.36. The predicted octanol–water partition coefficient (Wildman–Crippen LogP) is 2.79. The largest absolute Gasteiger partial charge is 0.445 e. The van der Waals surface area contributed by atoms with Crippen LogP contribution in [0.2, 0.25) is 5.02 Å². The summed E-state index contributed by atoms with van der Waals surface area (Å²) in [5.41, 5.74) is 1.68. The van der Waals surface area contributed by atoms with Gasteiger partial charge in [-0.3, -0.25) is 0 Å². The van der Waals surface area contributed by atoms with Gasteiger partial charge >= 0.3 is 0 Å². The maximum absolute atomic E-state index is 5.81. The van der Waals surface area contributed by atoms with Gasteiger partial charge in [-0.05, 0) is 18.6 Å². The molecule has 3 heteroatoms. The van der Waals surface area contributed by atoms with Crippen molar-refractivity contribution < 1.29 is 4.42 Å². The third-order valence-corrected chi connectivity index (χ3v) is 1.81. The maximum atomic E-state index is 5.81. The Morgan fingerprint density at radius 3 is 3.18 bits per heavy atom. The van der Waals surface area contributed by atoms with Crippen molar-refractivity contribution in [3.05, 3.63) is 29.1 Å². The minimum atomic E-state index is 0.598. The van der Waals surface area contributed by atoms with Crippen molar-refractivity contribution in [2.75, 3.05) is 0 Å². The van der Waals surface area contributed by atoms with E-state index in [2.05, 4.69) is 4.98 Å². The first-order valence-corrected chi connectivity index (χ1v) is 3.64. The zero-order valence-corrected chi connectivity index (χ0v) is 6.72. The minimum Gasteiger partial charge on any atom is -0.445 e. The number of furan rings is 1. The number of aromatic nitrogens is 1. The lowest BCUT2D eigenvalue weighted by atomic mass is 10.2. The first kappa shape index (κ1) is 6.68. The van der Waals surface area contributed by atoms with Gasteiger partial charge in [-0.1, -0.05) is 11.6 Å². The smallest absolute Gasteiger partial charge is 0.227 e. The zero-order valence-electron chi connectivity index (χ0n) is 5.97. The lowest BCUT2D eigenvalue weighted by Crippen LogP contribution is -1.75. The number of rotatable bonds is 0. The average molecular weight is 168 g/mol. The van der Waals surface area contributed by atoms with Gasteiger partial charge in [0.2, 0.25) is 5.71 Å². The molecule has 0 saturated heterocycles. The fourth-order valence-electron chi connectivity index (χ4n) is 0.993. The van der Waals surface area contributed by atoms with Crippen molar-refractivity contribution in [1.82, 2.24) is 4.98 Å². The van der Waals surface area contributed by atoms with E-state index >= 15 is 0 Å². The van der Waals surface area contributed by atoms with Gasteiger partial charge in [-0.2, -0.15) is 0 Å². The van der Waals surface area contributed by atoms with E-state index in [1.54, 1.807) is 6.20 Å². The first-order chi connectivity index (χ1) is 5.27. The van der Waals surface area contributed by atoms with E-state index in [1.807, 2.05) is 13.0 Å². The summed E-state index contributed by atoms with van der Waals surface area (Å²) < 4.78 is 5.06. The molecular weight excluding hydrogens is 162 g/mol. The monoisotopic (exact) mass is 167 g/mol. The quantitative estimate of drug-likeness (QED) is 0.603. The van der Waals surface area contributed by atoms with Crippen molar-refractivity contribution in [1.29, 1.82) is 0 Å². The van der Waals surface area contributed by atoms with E-state index in [1.165, 1.54) is 6.26 Å². The lowest BCUT2D eigenvalue weighted by molar-refractivity contribution is 0.603. The summed E-state index contributed by atoms with van der Waals surface area (Å²) in [6, 6.07) is 1.95. The third-order valence-electron chi connectivity index (χ3n) is 1.52. The summed E-state index contributed by atoms with van der Waals surface area (Å²) in [5, 5.41) is 1.50. The molecule has 0 fully saturated rings. The Morgan fingerprint density at radius 1 is 1.55 bits per heavy atom. The second-order valence-electron chi connectivity index (χ2n) is 2.45. The van der Waals surface area contributed by atoms with Gasteiger partial charge in [0.1, 0.15) is 6.26 Å². The van der Waals surface area contributed by atoms with Crippen molar-refractivity contribution in [3.8, 4) is 0 Å². The van der Waals surface area contributed by atoms with Crippen LogP contribution in [0, 0.1) is 6.92 Å². The van der Waals surface area contributed by atoms with E-state index in [9.17, 15) is 0 Å². The normalized spacial score (nSPS) is 10.7. The predicted molar refractivity (Wildman–Crippen MR) is 43.8 cm³/mol. The van der Waals surface area contributed by atoms with Crippen LogP contribution in [0.5, 0.6) is 0 Å². The second kappa shape index (κ2) is 2.24. The molecule has 0 saturated carbocycles. The van der Waals surface area contributed by atoms with Gasteiger partial charge in [-0.25, -0.2) is 4.98 Å². The Hall–Kier alpha value is -1.02. The van der Waals surface area contributed by atoms with Gasteiger partial charge < -0.3 is 4.42 Å². The SMILES string of the molecule is Cc1cnc2occ(Cl)c2c1. The van der Waals surface area contributed by atoms with Gasteiger partial charge in [0.05, 0.1) is 10.4 Å². The van der Waals surface area contributed by atoms with E-state index in [0.717, 1.165) is 10.9 Å². The number of hydrogen-bond donors (Lipinski definition) is 0. The Balaban J connectivity index is 2.87. The maximum Gasteiger partial charge on any atom is 0.227 e. The molecule has 0 N–H and O–H groups in total. The van der Waals surface area contributed by atoms with Crippen LogP contribution in [-0.4, -0.2) is 4.98 Å². The summed E-state index contributed by atoms with van der Waals surface area (Å²) in [7, 11) is 0. The highest BCUT2D eigenvalue weighted by Gasteiger charge is 2.03. The average Bonchev–Trinajstić information content (AvgIpc) is 2.33. The molecule has 0 bridgehead atoms. The Morgan fingerprint density at radius 2 is 2.36 bits per heavy atom. The molecule has 0 aliphatic carbocycles. The molecule has 0 aliphatic rings. The van der Waals surface area contributed by atoms with Gasteiger partial charge in [0.15, 0.2) is 0 Å². The van der Waals surface area contributed by atoms with Crippen LogP contribution >= 0.6 is 11.6 Å². The minimum absolute atomic E-state index is 0.598. The number of halogens is 1. The van der Waals surface area contributed by atoms with E-state index < -0.39 is 0 Å². The third kappa shape index (κ3) is 0.994. The molecule has 0 spiro atoms. The van der Waals surface area contributed by atoms with Crippen LogP contribution in [0.4, 0.5) is 0 Å². The van der Waals surface area contributed by atoms with Crippen LogP contribution in [-0.2, 0) is 0 Å². The molecule has 0 radical (unpaired) electrons. The summed E-state index contributed by atoms with van der Waals surface area (Å²) >= 11 is 5.81. The van der Waals surface area contributed by atoms with Crippen LogP contribution in [0.15, 0.2) is 22.9 Å². The molecule has 2 aromatic heterocycles. The number of nitrogens with zero attached hydrogens (tertiary/aromatic N) is 1. The molecule has 0 atom stereocenters. The van der Waals surface area contributed by atoms with E-state index in [-0.39, 0.29) is 0 Å². The molecule has 0 aromatic carbocycles. The molecule has 0 unspecified atom stereocenters. The van der Waals surface area contributed by atoms with Gasteiger partial charge in [0, 0.05) is 6.20 Å². The van der Waals surface area contributed by atoms with E-state index in [0.29, 0.717) is 10.7 Å². The molecule has 0 aliphatic heterocycles. The fraction of sp³-hybridized carbons (Fsp3) is 0.125. The van der Waals surface area contributed by atoms with Crippen LogP contribution < -0.4 is 0 Å².